The number of hydrazone groups is 2. The van der Waals surface area contributed by atoms with E-state index in [1.165, 1.54) is 34.3 Å². The topological polar surface area (TPSA) is 48.3 Å². The van der Waals surface area contributed by atoms with Gasteiger partial charge in [-0.25, -0.2) is 23.6 Å². The minimum atomic E-state index is -0.540. The smallest absolute Gasteiger partial charge is 0.244 e. The number of carbonyl (C=O) groups is 1. The van der Waals surface area contributed by atoms with Crippen LogP contribution in [0.5, 0.6) is 0 Å². The summed E-state index contributed by atoms with van der Waals surface area (Å²) in [4.78, 5) is 14.3. The van der Waals surface area contributed by atoms with Gasteiger partial charge in [-0.2, -0.15) is 10.2 Å². The summed E-state index contributed by atoms with van der Waals surface area (Å²) < 4.78 is 30.4. The highest BCUT2D eigenvalue weighted by Gasteiger charge is 2.41. The molecule has 0 spiro atoms. The molecule has 2 amide bonds. The molecule has 9 heteroatoms. The Hall–Kier alpha value is -3.69. The molecule has 2 aliphatic rings. The maximum absolute atomic E-state index is 14.3. The van der Waals surface area contributed by atoms with Crippen molar-refractivity contribution in [3.8, 4) is 0 Å². The van der Waals surface area contributed by atoms with Gasteiger partial charge in [0.1, 0.15) is 11.6 Å². The van der Waals surface area contributed by atoms with E-state index >= 15 is 0 Å². The molecule has 0 saturated heterocycles. The molecule has 6 rings (SSSR count). The van der Waals surface area contributed by atoms with Crippen LogP contribution < -0.4 is 0 Å². The van der Waals surface area contributed by atoms with Gasteiger partial charge >= 0.3 is 6.03 Å². The van der Waals surface area contributed by atoms with Crippen molar-refractivity contribution in [3.05, 3.63) is 140 Å². The molecule has 0 saturated carbocycles. The molecule has 2 unspecified atom stereocenters. The number of hydrogen-bond donors (Lipinski definition) is 0. The van der Waals surface area contributed by atoms with Crippen molar-refractivity contribution in [2.24, 2.45) is 10.2 Å². The molecule has 4 aromatic rings. The fourth-order valence-electron chi connectivity index (χ4n) is 5.06. The number of rotatable bonds is 4. The fourth-order valence-corrected chi connectivity index (χ4v) is 5.59. The van der Waals surface area contributed by atoms with Crippen LogP contribution in [-0.2, 0) is 0 Å². The van der Waals surface area contributed by atoms with Crippen LogP contribution in [0.15, 0.2) is 116 Å². The lowest BCUT2D eigenvalue weighted by Gasteiger charge is -2.29. The molecule has 0 N–H and O–H groups in total. The van der Waals surface area contributed by atoms with Crippen molar-refractivity contribution in [2.45, 2.75) is 24.9 Å². The van der Waals surface area contributed by atoms with Crippen LogP contribution in [0.25, 0.3) is 0 Å². The Labute approximate surface area is 247 Å². The highest BCUT2D eigenvalue weighted by atomic mass is 79.9. The Morgan fingerprint density at radius 2 is 1.05 bits per heavy atom. The molecule has 2 aliphatic heterocycles. The van der Waals surface area contributed by atoms with E-state index in [0.29, 0.717) is 35.4 Å². The van der Waals surface area contributed by atoms with Gasteiger partial charge in [-0.15, -0.1) is 0 Å². The zero-order valence-corrected chi connectivity index (χ0v) is 24.2. The van der Waals surface area contributed by atoms with Crippen molar-refractivity contribution >= 4 is 49.3 Å². The number of carbonyl (C=O) groups excluding carboxylic acids is 1. The normalized spacial score (nSPS) is 18.6. The standard InChI is InChI=1S/C31H22Br2F2N4O/c32-23-11-7-19(8-12-23)27-17-29(21-3-1-5-25(34)15-21)38(36-27)31(40)39-30(22-4-2-6-26(35)16-22)18-28(37-39)20-9-13-24(33)14-10-20/h1-16,29-30H,17-18H2. The van der Waals surface area contributed by atoms with Crippen LogP contribution in [0.1, 0.15) is 47.2 Å². The van der Waals surface area contributed by atoms with Gasteiger partial charge in [0.25, 0.3) is 0 Å². The van der Waals surface area contributed by atoms with Gasteiger partial charge in [0, 0.05) is 21.8 Å². The summed E-state index contributed by atoms with van der Waals surface area (Å²) >= 11 is 6.91. The quantitative estimate of drug-likeness (QED) is 0.216. The first-order chi connectivity index (χ1) is 19.4. The van der Waals surface area contributed by atoms with Gasteiger partial charge in [-0.05, 0) is 70.8 Å². The third-order valence-electron chi connectivity index (χ3n) is 7.03. The summed E-state index contributed by atoms with van der Waals surface area (Å²) in [7, 11) is 0. The van der Waals surface area contributed by atoms with Crippen molar-refractivity contribution in [2.75, 3.05) is 0 Å². The number of nitrogens with zero attached hydrogens (tertiary/aromatic N) is 4. The van der Waals surface area contributed by atoms with Crippen molar-refractivity contribution < 1.29 is 13.6 Å². The molecule has 40 heavy (non-hydrogen) atoms. The average Bonchev–Trinajstić information content (AvgIpc) is 3.60. The van der Waals surface area contributed by atoms with E-state index in [1.807, 2.05) is 48.5 Å². The van der Waals surface area contributed by atoms with Gasteiger partial charge < -0.3 is 0 Å². The second-order valence-electron chi connectivity index (χ2n) is 9.63. The molecule has 4 aromatic carbocycles. The van der Waals surface area contributed by atoms with Crippen molar-refractivity contribution in [1.29, 1.82) is 0 Å². The molecule has 2 heterocycles. The number of hydrogen-bond acceptors (Lipinski definition) is 3. The summed E-state index contributed by atoms with van der Waals surface area (Å²) in [5.74, 6) is -0.785. The fraction of sp³-hybridized carbons (Fsp3) is 0.129. The van der Waals surface area contributed by atoms with E-state index in [1.54, 1.807) is 24.3 Å². The van der Waals surface area contributed by atoms with Gasteiger partial charge in [0.2, 0.25) is 0 Å². The molecule has 0 fully saturated rings. The highest BCUT2D eigenvalue weighted by molar-refractivity contribution is 9.10. The Kier molecular flexibility index (Phi) is 7.33. The Balaban J connectivity index is 1.42. The predicted octanol–water partition coefficient (Wildman–Crippen LogP) is 8.61. The van der Waals surface area contributed by atoms with E-state index in [0.717, 1.165) is 20.1 Å². The van der Waals surface area contributed by atoms with Crippen LogP contribution in [0.4, 0.5) is 13.6 Å². The zero-order valence-electron chi connectivity index (χ0n) is 21.0. The molecule has 0 bridgehead atoms. The van der Waals surface area contributed by atoms with Crippen molar-refractivity contribution in [1.82, 2.24) is 10.0 Å². The summed E-state index contributed by atoms with van der Waals surface area (Å²) in [5.41, 5.74) is 4.39. The van der Waals surface area contributed by atoms with E-state index in [9.17, 15) is 13.6 Å². The molecular formula is C31H22Br2F2N4O. The monoisotopic (exact) mass is 662 g/mol. The van der Waals surface area contributed by atoms with Crippen LogP contribution in [0, 0.1) is 11.6 Å². The van der Waals surface area contributed by atoms with Crippen LogP contribution in [0.2, 0.25) is 0 Å². The largest absolute Gasteiger partial charge is 0.362 e. The lowest BCUT2D eigenvalue weighted by molar-refractivity contribution is 0.131. The predicted molar refractivity (Wildman–Crippen MR) is 158 cm³/mol. The van der Waals surface area contributed by atoms with Crippen LogP contribution >= 0.6 is 31.9 Å². The molecular weight excluding hydrogens is 642 g/mol. The molecule has 0 radical (unpaired) electrons. The molecule has 0 aliphatic carbocycles. The number of benzene rings is 4. The molecule has 200 valence electrons. The van der Waals surface area contributed by atoms with E-state index in [-0.39, 0.29) is 0 Å². The van der Waals surface area contributed by atoms with Crippen LogP contribution in [0.3, 0.4) is 0 Å². The summed E-state index contributed by atoms with van der Waals surface area (Å²) in [6.45, 7) is 0. The summed E-state index contributed by atoms with van der Waals surface area (Å²) in [5, 5.41) is 12.3. The number of amides is 2. The second kappa shape index (κ2) is 11.1. The Morgan fingerprint density at radius 1 is 0.650 bits per heavy atom. The van der Waals surface area contributed by atoms with Gasteiger partial charge in [-0.1, -0.05) is 80.4 Å². The van der Waals surface area contributed by atoms with E-state index in [4.69, 9.17) is 10.2 Å². The van der Waals surface area contributed by atoms with E-state index in [2.05, 4.69) is 31.9 Å². The first kappa shape index (κ1) is 26.5. The Morgan fingerprint density at radius 3 is 1.43 bits per heavy atom. The molecule has 2 atom stereocenters. The Bertz CT molecular complexity index is 1520. The lowest BCUT2D eigenvalue weighted by Crippen LogP contribution is -2.38. The first-order valence-electron chi connectivity index (χ1n) is 12.7. The van der Waals surface area contributed by atoms with E-state index < -0.39 is 29.7 Å². The third kappa shape index (κ3) is 5.36. The SMILES string of the molecule is O=C(N1N=C(c2ccc(Br)cc2)CC1c1cccc(F)c1)N1N=C(c2ccc(Br)cc2)CC1c1cccc(F)c1. The maximum atomic E-state index is 14.3. The number of halogens is 4. The van der Waals surface area contributed by atoms with Gasteiger partial charge in [-0.3, -0.25) is 0 Å². The zero-order chi connectivity index (χ0) is 27.8. The summed E-state index contributed by atoms with van der Waals surface area (Å²) in [6, 6.07) is 26.2. The number of urea groups is 1. The van der Waals surface area contributed by atoms with Gasteiger partial charge in [0.15, 0.2) is 0 Å². The van der Waals surface area contributed by atoms with Crippen LogP contribution in [-0.4, -0.2) is 27.5 Å². The molecule has 5 nitrogen and oxygen atoms in total. The first-order valence-corrected chi connectivity index (χ1v) is 14.2. The highest BCUT2D eigenvalue weighted by Crippen LogP contribution is 2.39. The summed E-state index contributed by atoms with van der Waals surface area (Å²) in [6.07, 6.45) is 0.803. The average molecular weight is 664 g/mol. The second-order valence-corrected chi connectivity index (χ2v) is 11.5. The van der Waals surface area contributed by atoms with Crippen molar-refractivity contribution in [3.63, 3.8) is 0 Å². The van der Waals surface area contributed by atoms with Gasteiger partial charge in [0.05, 0.1) is 23.5 Å². The third-order valence-corrected chi connectivity index (χ3v) is 8.09. The molecule has 0 aromatic heterocycles. The minimum Gasteiger partial charge on any atom is -0.244 e. The maximum Gasteiger partial charge on any atom is 0.362 e. The minimum absolute atomic E-state index is 0.392. The lowest BCUT2D eigenvalue weighted by atomic mass is 9.98.